The van der Waals surface area contributed by atoms with Gasteiger partial charge in [0.2, 0.25) is 10.0 Å². The van der Waals surface area contributed by atoms with Gasteiger partial charge in [-0.25, -0.2) is 16.8 Å². The highest BCUT2D eigenvalue weighted by Crippen LogP contribution is 2.24. The van der Waals surface area contributed by atoms with Crippen LogP contribution in [-0.4, -0.2) is 53.1 Å². The molecule has 0 radical (unpaired) electrons. The summed E-state index contributed by atoms with van der Waals surface area (Å²) in [5.41, 5.74) is 2.93. The lowest BCUT2D eigenvalue weighted by molar-refractivity contribution is 0.385. The second kappa shape index (κ2) is 7.85. The van der Waals surface area contributed by atoms with E-state index >= 15 is 0 Å². The van der Waals surface area contributed by atoms with E-state index in [-0.39, 0.29) is 5.75 Å². The molecule has 152 valence electrons. The van der Waals surface area contributed by atoms with Crippen molar-refractivity contribution in [3.05, 3.63) is 53.6 Å². The van der Waals surface area contributed by atoms with Crippen molar-refractivity contribution in [3.8, 4) is 0 Å². The van der Waals surface area contributed by atoms with Gasteiger partial charge in [0.1, 0.15) is 0 Å². The second-order valence-corrected chi connectivity index (χ2v) is 11.3. The third-order valence-electron chi connectivity index (χ3n) is 5.30. The summed E-state index contributed by atoms with van der Waals surface area (Å²) in [6, 6.07) is 12.0. The lowest BCUT2D eigenvalue weighted by Crippen LogP contribution is -2.48. The Labute approximate surface area is 167 Å². The number of benzene rings is 2. The molecule has 0 saturated carbocycles. The van der Waals surface area contributed by atoms with Gasteiger partial charge in [-0.05, 0) is 61.4 Å². The van der Waals surface area contributed by atoms with Crippen molar-refractivity contribution < 1.29 is 16.8 Å². The summed E-state index contributed by atoms with van der Waals surface area (Å²) < 4.78 is 51.2. The van der Waals surface area contributed by atoms with Gasteiger partial charge in [-0.2, -0.15) is 4.31 Å². The van der Waals surface area contributed by atoms with Gasteiger partial charge < -0.3 is 4.90 Å². The molecule has 0 aromatic heterocycles. The highest BCUT2D eigenvalue weighted by atomic mass is 32.2. The molecule has 8 heteroatoms. The third-order valence-corrected chi connectivity index (χ3v) is 8.94. The van der Waals surface area contributed by atoms with Crippen LogP contribution >= 0.6 is 0 Å². The SMILES string of the molecule is CCS(=O)(=O)c1ccc(N2CCN(S(=O)(=O)c3ccc(C)c(C)c3)CC2)cc1. The molecule has 1 fully saturated rings. The number of sulfone groups is 1. The summed E-state index contributed by atoms with van der Waals surface area (Å²) in [5.74, 6) is 0.0708. The van der Waals surface area contributed by atoms with Crippen molar-refractivity contribution in [2.45, 2.75) is 30.6 Å². The van der Waals surface area contributed by atoms with Crippen molar-refractivity contribution in [2.75, 3.05) is 36.8 Å². The summed E-state index contributed by atoms with van der Waals surface area (Å²) in [6.07, 6.45) is 0. The molecule has 0 spiro atoms. The summed E-state index contributed by atoms with van der Waals surface area (Å²) in [5, 5.41) is 0. The minimum Gasteiger partial charge on any atom is -0.369 e. The predicted octanol–water partition coefficient (Wildman–Crippen LogP) is 2.61. The first-order valence-corrected chi connectivity index (χ1v) is 12.4. The topological polar surface area (TPSA) is 74.8 Å². The number of hydrogen-bond donors (Lipinski definition) is 0. The molecule has 28 heavy (non-hydrogen) atoms. The van der Waals surface area contributed by atoms with Gasteiger partial charge in [0.25, 0.3) is 0 Å². The Hall–Kier alpha value is -1.90. The Balaban J connectivity index is 1.71. The Morgan fingerprint density at radius 3 is 1.89 bits per heavy atom. The van der Waals surface area contributed by atoms with Crippen LogP contribution in [0.3, 0.4) is 0 Å². The van der Waals surface area contributed by atoms with Crippen LogP contribution in [-0.2, 0) is 19.9 Å². The van der Waals surface area contributed by atoms with Crippen LogP contribution in [0.2, 0.25) is 0 Å². The Bertz CT molecular complexity index is 1050. The summed E-state index contributed by atoms with van der Waals surface area (Å²) >= 11 is 0. The number of sulfonamides is 1. The van der Waals surface area contributed by atoms with Crippen molar-refractivity contribution in [1.29, 1.82) is 0 Å². The summed E-state index contributed by atoms with van der Waals surface area (Å²) in [4.78, 5) is 2.72. The fraction of sp³-hybridized carbons (Fsp3) is 0.400. The van der Waals surface area contributed by atoms with Gasteiger partial charge in [-0.15, -0.1) is 0 Å². The average molecular weight is 423 g/mol. The number of piperazine rings is 1. The fourth-order valence-electron chi connectivity index (χ4n) is 3.24. The molecule has 0 atom stereocenters. The van der Waals surface area contributed by atoms with E-state index in [4.69, 9.17) is 0 Å². The Kier molecular flexibility index (Phi) is 5.84. The van der Waals surface area contributed by atoms with Crippen molar-refractivity contribution >= 4 is 25.5 Å². The van der Waals surface area contributed by atoms with Crippen LogP contribution in [0, 0.1) is 13.8 Å². The maximum absolute atomic E-state index is 12.9. The number of anilines is 1. The van der Waals surface area contributed by atoms with Gasteiger partial charge in [0.15, 0.2) is 9.84 Å². The highest BCUT2D eigenvalue weighted by molar-refractivity contribution is 7.91. The summed E-state index contributed by atoms with van der Waals surface area (Å²) in [6.45, 7) is 7.40. The highest BCUT2D eigenvalue weighted by Gasteiger charge is 2.29. The predicted molar refractivity (Wildman–Crippen MR) is 111 cm³/mol. The molecule has 0 amide bonds. The summed E-state index contributed by atoms with van der Waals surface area (Å²) in [7, 11) is -6.73. The van der Waals surface area contributed by atoms with Crippen molar-refractivity contribution in [1.82, 2.24) is 4.31 Å². The molecule has 1 heterocycles. The zero-order valence-electron chi connectivity index (χ0n) is 16.4. The normalized spacial score (nSPS) is 16.3. The lowest BCUT2D eigenvalue weighted by atomic mass is 10.1. The molecule has 6 nitrogen and oxygen atoms in total. The minimum atomic E-state index is -3.51. The van der Waals surface area contributed by atoms with Crippen LogP contribution in [0.1, 0.15) is 18.1 Å². The van der Waals surface area contributed by atoms with E-state index in [1.165, 1.54) is 4.31 Å². The molecule has 0 N–H and O–H groups in total. The zero-order valence-corrected chi connectivity index (χ0v) is 18.1. The fourth-order valence-corrected chi connectivity index (χ4v) is 5.63. The molecule has 2 aromatic carbocycles. The van der Waals surface area contributed by atoms with Crippen LogP contribution in [0.5, 0.6) is 0 Å². The van der Waals surface area contributed by atoms with Gasteiger partial charge >= 0.3 is 0 Å². The van der Waals surface area contributed by atoms with Gasteiger partial charge in [0.05, 0.1) is 15.5 Å². The number of hydrogen-bond acceptors (Lipinski definition) is 5. The molecule has 2 aromatic rings. The largest absolute Gasteiger partial charge is 0.369 e. The van der Waals surface area contributed by atoms with Crippen LogP contribution in [0.4, 0.5) is 5.69 Å². The first kappa shape index (κ1) is 20.8. The molecule has 0 unspecified atom stereocenters. The number of aryl methyl sites for hydroxylation is 2. The molecule has 0 aliphatic carbocycles. The van der Waals surface area contributed by atoms with E-state index < -0.39 is 19.9 Å². The van der Waals surface area contributed by atoms with Crippen molar-refractivity contribution in [2.24, 2.45) is 0 Å². The third kappa shape index (κ3) is 4.09. The zero-order chi connectivity index (χ0) is 20.5. The quantitative estimate of drug-likeness (QED) is 0.740. The standard InChI is InChI=1S/C20H26N2O4S2/c1-4-27(23,24)19-9-6-18(7-10-19)21-11-13-22(14-12-21)28(25,26)20-8-5-16(2)17(3)15-20/h5-10,15H,4,11-14H2,1-3H3. The maximum Gasteiger partial charge on any atom is 0.243 e. The number of rotatable bonds is 5. The maximum atomic E-state index is 12.9. The van der Waals surface area contributed by atoms with Gasteiger partial charge in [-0.3, -0.25) is 0 Å². The van der Waals surface area contributed by atoms with E-state index in [1.54, 1.807) is 43.3 Å². The monoisotopic (exact) mass is 422 g/mol. The molecular weight excluding hydrogens is 396 g/mol. The minimum absolute atomic E-state index is 0.0708. The van der Waals surface area contributed by atoms with E-state index in [9.17, 15) is 16.8 Å². The molecule has 3 rings (SSSR count). The number of nitrogens with zero attached hydrogens (tertiary/aromatic N) is 2. The van der Waals surface area contributed by atoms with E-state index in [0.29, 0.717) is 36.0 Å². The first-order valence-electron chi connectivity index (χ1n) is 9.30. The van der Waals surface area contributed by atoms with Crippen LogP contribution in [0.15, 0.2) is 52.3 Å². The van der Waals surface area contributed by atoms with E-state index in [2.05, 4.69) is 4.90 Å². The van der Waals surface area contributed by atoms with Gasteiger partial charge in [-0.1, -0.05) is 13.0 Å². The van der Waals surface area contributed by atoms with E-state index in [1.807, 2.05) is 19.9 Å². The molecular formula is C20H26N2O4S2. The van der Waals surface area contributed by atoms with Gasteiger partial charge in [0, 0.05) is 31.9 Å². The Morgan fingerprint density at radius 2 is 1.36 bits per heavy atom. The smallest absolute Gasteiger partial charge is 0.243 e. The van der Waals surface area contributed by atoms with Crippen LogP contribution in [0.25, 0.3) is 0 Å². The Morgan fingerprint density at radius 1 is 0.786 bits per heavy atom. The van der Waals surface area contributed by atoms with Crippen LogP contribution < -0.4 is 4.90 Å². The van der Waals surface area contributed by atoms with E-state index in [0.717, 1.165) is 16.8 Å². The second-order valence-electron chi connectivity index (χ2n) is 7.03. The molecule has 1 aliphatic rings. The average Bonchev–Trinajstić information content (AvgIpc) is 2.70. The van der Waals surface area contributed by atoms with Crippen molar-refractivity contribution in [3.63, 3.8) is 0 Å². The molecule has 1 saturated heterocycles. The lowest BCUT2D eigenvalue weighted by Gasteiger charge is -2.35. The molecule has 0 bridgehead atoms. The molecule has 1 aliphatic heterocycles. The first-order chi connectivity index (χ1) is 13.1.